The summed E-state index contributed by atoms with van der Waals surface area (Å²) < 4.78 is 10.4. The van der Waals surface area contributed by atoms with Crippen LogP contribution in [-0.4, -0.2) is 44.7 Å². The fourth-order valence-electron chi connectivity index (χ4n) is 2.69. The fraction of sp³-hybridized carbons (Fsp3) is 0.333. The maximum Gasteiger partial charge on any atom is 0.286 e. The summed E-state index contributed by atoms with van der Waals surface area (Å²) in [6.07, 6.45) is 1.56. The molecule has 7 nitrogen and oxygen atoms in total. The summed E-state index contributed by atoms with van der Waals surface area (Å²) in [6, 6.07) is 8.61. The van der Waals surface area contributed by atoms with Crippen LogP contribution < -0.4 is 15.5 Å². The molecule has 3 rings (SSSR count). The molecule has 0 aliphatic carbocycles. The molecule has 2 N–H and O–H groups in total. The number of anilines is 2. The van der Waals surface area contributed by atoms with Crippen molar-refractivity contribution in [1.82, 2.24) is 5.32 Å². The van der Waals surface area contributed by atoms with Gasteiger partial charge < -0.3 is 24.7 Å². The van der Waals surface area contributed by atoms with E-state index >= 15 is 0 Å². The quantitative estimate of drug-likeness (QED) is 0.808. The van der Waals surface area contributed by atoms with Crippen molar-refractivity contribution in [3.05, 3.63) is 47.4 Å². The normalized spacial score (nSPS) is 14.1. The van der Waals surface area contributed by atoms with Crippen molar-refractivity contribution in [2.45, 2.75) is 6.42 Å². The third kappa shape index (κ3) is 4.77. The molecule has 0 unspecified atom stereocenters. The highest BCUT2D eigenvalue weighted by molar-refractivity contribution is 6.31. The van der Waals surface area contributed by atoms with Crippen LogP contribution in [0.3, 0.4) is 0 Å². The summed E-state index contributed by atoms with van der Waals surface area (Å²) in [5.74, 6) is -0.337. The maximum absolute atomic E-state index is 12.3. The molecule has 1 saturated heterocycles. The lowest BCUT2D eigenvalue weighted by Gasteiger charge is -2.30. The van der Waals surface area contributed by atoms with Gasteiger partial charge in [-0.2, -0.15) is 0 Å². The number of benzene rings is 1. The molecule has 2 aromatic rings. The predicted octanol–water partition coefficient (Wildman–Crippen LogP) is 2.53. The number of hydrogen-bond donors (Lipinski definition) is 2. The van der Waals surface area contributed by atoms with Crippen LogP contribution in [0.4, 0.5) is 11.4 Å². The van der Waals surface area contributed by atoms with Crippen LogP contribution in [0, 0.1) is 0 Å². The minimum atomic E-state index is -0.348. The Kier molecular flexibility index (Phi) is 6.14. The molecular weight excluding hydrogens is 358 g/mol. The number of morpholine rings is 1. The van der Waals surface area contributed by atoms with E-state index in [-0.39, 0.29) is 30.5 Å². The second-order valence-corrected chi connectivity index (χ2v) is 6.23. The van der Waals surface area contributed by atoms with E-state index in [0.29, 0.717) is 23.9 Å². The lowest BCUT2D eigenvalue weighted by atomic mass is 10.2. The van der Waals surface area contributed by atoms with Crippen LogP contribution in [0.2, 0.25) is 5.02 Å². The smallest absolute Gasteiger partial charge is 0.286 e. The first-order valence-corrected chi connectivity index (χ1v) is 8.75. The van der Waals surface area contributed by atoms with Gasteiger partial charge in [-0.1, -0.05) is 11.6 Å². The van der Waals surface area contributed by atoms with Crippen molar-refractivity contribution in [3.63, 3.8) is 0 Å². The van der Waals surface area contributed by atoms with Crippen LogP contribution >= 0.6 is 11.6 Å². The monoisotopic (exact) mass is 377 g/mol. The van der Waals surface area contributed by atoms with Crippen molar-refractivity contribution < 1.29 is 18.7 Å². The topological polar surface area (TPSA) is 83.8 Å². The molecule has 1 aliphatic heterocycles. The Balaban J connectivity index is 1.56. The largest absolute Gasteiger partial charge is 0.459 e. The third-order valence-corrected chi connectivity index (χ3v) is 4.20. The number of carbonyl (C=O) groups is 2. The fourth-order valence-corrected chi connectivity index (χ4v) is 2.86. The SMILES string of the molecule is O=C(CCNC(=O)c1ccco1)Nc1cc(Cl)ccc1N1CCOCC1. The molecule has 1 aromatic carbocycles. The van der Waals surface area contributed by atoms with Gasteiger partial charge in [0.05, 0.1) is 30.9 Å². The third-order valence-electron chi connectivity index (χ3n) is 3.97. The zero-order chi connectivity index (χ0) is 18.4. The number of rotatable bonds is 6. The first-order chi connectivity index (χ1) is 12.6. The van der Waals surface area contributed by atoms with Gasteiger partial charge >= 0.3 is 0 Å². The Labute approximate surface area is 156 Å². The Morgan fingerprint density at radius 3 is 2.73 bits per heavy atom. The predicted molar refractivity (Wildman–Crippen MR) is 98.8 cm³/mol. The van der Waals surface area contributed by atoms with Gasteiger partial charge in [0.1, 0.15) is 0 Å². The molecule has 0 atom stereocenters. The Hall–Kier alpha value is -2.51. The van der Waals surface area contributed by atoms with Crippen LogP contribution in [0.5, 0.6) is 0 Å². The van der Waals surface area contributed by atoms with Crippen molar-refractivity contribution in [2.24, 2.45) is 0 Å². The van der Waals surface area contributed by atoms with Crippen molar-refractivity contribution >= 4 is 34.8 Å². The number of halogens is 1. The van der Waals surface area contributed by atoms with Crippen molar-refractivity contribution in [3.8, 4) is 0 Å². The highest BCUT2D eigenvalue weighted by Gasteiger charge is 2.17. The number of furan rings is 1. The van der Waals surface area contributed by atoms with E-state index in [1.165, 1.54) is 6.26 Å². The van der Waals surface area contributed by atoms with Crippen LogP contribution in [0.15, 0.2) is 41.0 Å². The van der Waals surface area contributed by atoms with Crippen LogP contribution in [-0.2, 0) is 9.53 Å². The molecule has 26 heavy (non-hydrogen) atoms. The van der Waals surface area contributed by atoms with Crippen molar-refractivity contribution in [1.29, 1.82) is 0 Å². The van der Waals surface area contributed by atoms with E-state index in [2.05, 4.69) is 15.5 Å². The molecule has 0 bridgehead atoms. The van der Waals surface area contributed by atoms with Crippen LogP contribution in [0.25, 0.3) is 0 Å². The summed E-state index contributed by atoms with van der Waals surface area (Å²) in [5, 5.41) is 6.07. The average Bonchev–Trinajstić information content (AvgIpc) is 3.17. The molecule has 1 fully saturated rings. The zero-order valence-electron chi connectivity index (χ0n) is 14.2. The lowest BCUT2D eigenvalue weighted by molar-refractivity contribution is -0.116. The maximum atomic E-state index is 12.3. The van der Waals surface area contributed by atoms with E-state index < -0.39 is 0 Å². The molecule has 138 valence electrons. The van der Waals surface area contributed by atoms with E-state index in [1.807, 2.05) is 6.07 Å². The number of ether oxygens (including phenoxy) is 1. The van der Waals surface area contributed by atoms with Gasteiger partial charge in [-0.25, -0.2) is 0 Å². The molecule has 0 saturated carbocycles. The first-order valence-electron chi connectivity index (χ1n) is 8.37. The summed E-state index contributed by atoms with van der Waals surface area (Å²) >= 11 is 6.08. The van der Waals surface area contributed by atoms with Gasteiger partial charge in [0.15, 0.2) is 5.76 Å². The number of carbonyl (C=O) groups excluding carboxylic acids is 2. The average molecular weight is 378 g/mol. The second-order valence-electron chi connectivity index (χ2n) is 5.79. The minimum Gasteiger partial charge on any atom is -0.459 e. The number of hydrogen-bond acceptors (Lipinski definition) is 5. The Morgan fingerprint density at radius 2 is 2.00 bits per heavy atom. The standard InChI is InChI=1S/C18H20ClN3O4/c19-13-3-4-15(22-7-10-25-11-8-22)14(12-13)21-17(23)5-6-20-18(24)16-2-1-9-26-16/h1-4,9,12H,5-8,10-11H2,(H,20,24)(H,21,23). The molecule has 0 radical (unpaired) electrons. The minimum absolute atomic E-state index is 0.140. The molecule has 1 aromatic heterocycles. The van der Waals surface area contributed by atoms with E-state index in [0.717, 1.165) is 18.8 Å². The highest BCUT2D eigenvalue weighted by atomic mass is 35.5. The molecule has 0 spiro atoms. The van der Waals surface area contributed by atoms with E-state index in [1.54, 1.807) is 24.3 Å². The van der Waals surface area contributed by atoms with Gasteiger partial charge in [-0.15, -0.1) is 0 Å². The van der Waals surface area contributed by atoms with Crippen LogP contribution in [0.1, 0.15) is 17.0 Å². The van der Waals surface area contributed by atoms with Crippen molar-refractivity contribution in [2.75, 3.05) is 43.1 Å². The number of amides is 2. The highest BCUT2D eigenvalue weighted by Crippen LogP contribution is 2.30. The zero-order valence-corrected chi connectivity index (χ0v) is 14.9. The van der Waals surface area contributed by atoms with Gasteiger partial charge in [-0.3, -0.25) is 9.59 Å². The van der Waals surface area contributed by atoms with Gasteiger partial charge in [0.2, 0.25) is 5.91 Å². The summed E-state index contributed by atoms with van der Waals surface area (Å²) in [7, 11) is 0. The summed E-state index contributed by atoms with van der Waals surface area (Å²) in [4.78, 5) is 26.2. The second kappa shape index (κ2) is 8.73. The molecule has 2 amide bonds. The first kappa shape index (κ1) is 18.3. The molecular formula is C18H20ClN3O4. The molecule has 1 aliphatic rings. The van der Waals surface area contributed by atoms with E-state index in [4.69, 9.17) is 20.8 Å². The number of nitrogens with zero attached hydrogens (tertiary/aromatic N) is 1. The molecule has 8 heteroatoms. The number of nitrogens with one attached hydrogen (secondary N) is 2. The Bertz CT molecular complexity index is 758. The molecule has 2 heterocycles. The van der Waals surface area contributed by atoms with Gasteiger partial charge in [0, 0.05) is 31.1 Å². The lowest BCUT2D eigenvalue weighted by Crippen LogP contribution is -2.36. The Morgan fingerprint density at radius 1 is 1.19 bits per heavy atom. The van der Waals surface area contributed by atoms with Gasteiger partial charge in [-0.05, 0) is 30.3 Å². The summed E-state index contributed by atoms with van der Waals surface area (Å²) in [5.41, 5.74) is 1.56. The summed E-state index contributed by atoms with van der Waals surface area (Å²) in [6.45, 7) is 3.01. The van der Waals surface area contributed by atoms with Gasteiger partial charge in [0.25, 0.3) is 5.91 Å². The van der Waals surface area contributed by atoms with E-state index in [9.17, 15) is 9.59 Å².